The normalized spacial score (nSPS) is 15.7. The van der Waals surface area contributed by atoms with Gasteiger partial charge in [-0.25, -0.2) is 4.79 Å². The van der Waals surface area contributed by atoms with Crippen molar-refractivity contribution in [2.24, 2.45) is 5.92 Å². The van der Waals surface area contributed by atoms with Crippen LogP contribution < -0.4 is 10.6 Å². The first-order valence-corrected chi connectivity index (χ1v) is 10.9. The molecule has 2 aromatic heterocycles. The van der Waals surface area contributed by atoms with Crippen LogP contribution >= 0.6 is 0 Å². The molecule has 182 valence electrons. The van der Waals surface area contributed by atoms with Crippen LogP contribution in [-0.4, -0.2) is 58.3 Å². The Morgan fingerprint density at radius 2 is 1.91 bits per heavy atom. The lowest BCUT2D eigenvalue weighted by Crippen LogP contribution is -2.35. The fourth-order valence-corrected chi connectivity index (χ4v) is 3.91. The van der Waals surface area contributed by atoms with E-state index in [-0.39, 0.29) is 31.1 Å². The average Bonchev–Trinajstić information content (AvgIpc) is 3.36. The van der Waals surface area contributed by atoms with Crippen LogP contribution in [0.1, 0.15) is 22.5 Å². The molecule has 0 aliphatic carbocycles. The number of nitrogens with one attached hydrogen (secondary N) is 2. The number of carbonyl (C=O) groups is 2. The van der Waals surface area contributed by atoms with Gasteiger partial charge in [-0.3, -0.25) is 9.78 Å². The quantitative estimate of drug-likeness (QED) is 0.576. The minimum Gasteiger partial charge on any atom is -0.354 e. The summed E-state index contributed by atoms with van der Waals surface area (Å²) in [6.07, 6.45) is -1.32. The summed E-state index contributed by atoms with van der Waals surface area (Å²) in [5, 5.41) is 13.5. The number of benzene rings is 1. The SMILES string of the molecule is CNC(=O)c1cc(-c2cnnc(-c3cc(NC(=O)N4CC[C@@H](C(F)(F)F)C4)ccc3C)c2)ccn1. The van der Waals surface area contributed by atoms with Gasteiger partial charge in [0, 0.05) is 43.1 Å². The van der Waals surface area contributed by atoms with E-state index in [0.717, 1.165) is 11.1 Å². The van der Waals surface area contributed by atoms with E-state index in [4.69, 9.17) is 0 Å². The largest absolute Gasteiger partial charge is 0.393 e. The Hall–Kier alpha value is -4.02. The van der Waals surface area contributed by atoms with Crippen molar-refractivity contribution in [2.45, 2.75) is 19.5 Å². The molecule has 3 aromatic rings. The molecule has 1 saturated heterocycles. The van der Waals surface area contributed by atoms with Crippen molar-refractivity contribution >= 4 is 17.6 Å². The predicted octanol–water partition coefficient (Wildman–Crippen LogP) is 4.29. The molecule has 0 unspecified atom stereocenters. The molecule has 3 amide bonds. The highest BCUT2D eigenvalue weighted by atomic mass is 19.4. The van der Waals surface area contributed by atoms with Crippen LogP contribution in [-0.2, 0) is 0 Å². The molecule has 2 N–H and O–H groups in total. The Morgan fingerprint density at radius 1 is 1.11 bits per heavy atom. The summed E-state index contributed by atoms with van der Waals surface area (Å²) in [6.45, 7) is 1.57. The maximum Gasteiger partial charge on any atom is 0.393 e. The van der Waals surface area contributed by atoms with E-state index in [1.165, 1.54) is 18.1 Å². The monoisotopic (exact) mass is 484 g/mol. The van der Waals surface area contributed by atoms with Crippen LogP contribution in [0.15, 0.2) is 48.8 Å². The Morgan fingerprint density at radius 3 is 2.63 bits per heavy atom. The smallest absolute Gasteiger partial charge is 0.354 e. The van der Waals surface area contributed by atoms with E-state index in [1.54, 1.807) is 42.6 Å². The second-order valence-electron chi connectivity index (χ2n) is 8.27. The molecule has 1 aliphatic heterocycles. The molecule has 1 atom stereocenters. The molecular formula is C24H23F3N6O2. The van der Waals surface area contributed by atoms with Gasteiger partial charge in [0.1, 0.15) is 5.69 Å². The van der Waals surface area contributed by atoms with Crippen LogP contribution in [0.5, 0.6) is 0 Å². The summed E-state index contributed by atoms with van der Waals surface area (Å²) in [5.41, 5.74) is 4.24. The Bertz CT molecular complexity index is 1260. The van der Waals surface area contributed by atoms with Crippen molar-refractivity contribution in [3.05, 3.63) is 60.0 Å². The number of nitrogens with zero attached hydrogens (tertiary/aromatic N) is 4. The average molecular weight is 484 g/mol. The molecule has 0 bridgehead atoms. The topological polar surface area (TPSA) is 100 Å². The molecule has 8 nitrogen and oxygen atoms in total. The Balaban J connectivity index is 1.56. The van der Waals surface area contributed by atoms with Gasteiger partial charge in [0.2, 0.25) is 0 Å². The van der Waals surface area contributed by atoms with Gasteiger partial charge in [-0.05, 0) is 54.8 Å². The van der Waals surface area contributed by atoms with Crippen molar-refractivity contribution in [1.29, 1.82) is 0 Å². The first kappa shape index (κ1) is 24.1. The summed E-state index contributed by atoms with van der Waals surface area (Å²) >= 11 is 0. The standard InChI is InChI=1S/C24H23F3N6O2/c1-14-3-4-18(31-23(35)33-8-6-17(13-33)24(25,26)27)11-19(14)20-10-16(12-30-32-20)15-5-7-29-21(9-15)22(34)28-2/h3-5,7,9-12,17H,6,8,13H2,1-2H3,(H,28,34)(H,31,35)/t17-/m1/s1. The summed E-state index contributed by atoms with van der Waals surface area (Å²) in [6, 6.07) is 9.81. The van der Waals surface area contributed by atoms with Crippen molar-refractivity contribution in [3.8, 4) is 22.4 Å². The summed E-state index contributed by atoms with van der Waals surface area (Å²) in [5.74, 6) is -1.81. The third-order valence-electron chi connectivity index (χ3n) is 5.91. The van der Waals surface area contributed by atoms with Crippen molar-refractivity contribution in [3.63, 3.8) is 0 Å². The minimum atomic E-state index is -4.31. The highest BCUT2D eigenvalue weighted by Gasteiger charge is 2.44. The number of rotatable bonds is 4. The third-order valence-corrected chi connectivity index (χ3v) is 5.91. The molecule has 1 fully saturated rings. The molecule has 11 heteroatoms. The number of pyridine rings is 1. The number of hydrogen-bond acceptors (Lipinski definition) is 5. The van der Waals surface area contributed by atoms with E-state index in [9.17, 15) is 22.8 Å². The van der Waals surface area contributed by atoms with Crippen molar-refractivity contribution in [2.75, 3.05) is 25.5 Å². The number of likely N-dealkylation sites (tertiary alicyclic amines) is 1. The van der Waals surface area contributed by atoms with Gasteiger partial charge in [0.15, 0.2) is 0 Å². The van der Waals surface area contributed by atoms with Crippen molar-refractivity contribution < 1.29 is 22.8 Å². The van der Waals surface area contributed by atoms with Gasteiger partial charge in [-0.2, -0.15) is 23.4 Å². The minimum absolute atomic E-state index is 0.0478. The Labute approximate surface area is 199 Å². The highest BCUT2D eigenvalue weighted by Crippen LogP contribution is 2.34. The van der Waals surface area contributed by atoms with Crippen LogP contribution in [0.3, 0.4) is 0 Å². The van der Waals surface area contributed by atoms with E-state index < -0.39 is 18.1 Å². The van der Waals surface area contributed by atoms with Gasteiger partial charge in [-0.15, -0.1) is 0 Å². The highest BCUT2D eigenvalue weighted by molar-refractivity contribution is 5.93. The number of urea groups is 1. The van der Waals surface area contributed by atoms with Crippen LogP contribution in [0, 0.1) is 12.8 Å². The molecule has 0 saturated carbocycles. The van der Waals surface area contributed by atoms with E-state index >= 15 is 0 Å². The second kappa shape index (κ2) is 9.69. The molecule has 35 heavy (non-hydrogen) atoms. The lowest BCUT2D eigenvalue weighted by Gasteiger charge is -2.19. The molecule has 4 rings (SSSR count). The van der Waals surface area contributed by atoms with Crippen LogP contribution in [0.2, 0.25) is 0 Å². The summed E-state index contributed by atoms with van der Waals surface area (Å²) in [7, 11) is 1.52. The van der Waals surface area contributed by atoms with Gasteiger partial charge in [0.05, 0.1) is 17.8 Å². The number of halogens is 3. The first-order chi connectivity index (χ1) is 16.7. The second-order valence-corrected chi connectivity index (χ2v) is 8.27. The maximum absolute atomic E-state index is 12.9. The molecule has 1 aromatic carbocycles. The number of hydrogen-bond donors (Lipinski definition) is 2. The zero-order valence-corrected chi connectivity index (χ0v) is 19.1. The number of amides is 3. The van der Waals surface area contributed by atoms with Crippen molar-refractivity contribution in [1.82, 2.24) is 25.4 Å². The molecule has 3 heterocycles. The lowest BCUT2D eigenvalue weighted by molar-refractivity contribution is -0.169. The number of aromatic nitrogens is 3. The van der Waals surface area contributed by atoms with E-state index in [0.29, 0.717) is 22.5 Å². The van der Waals surface area contributed by atoms with Gasteiger partial charge >= 0.3 is 12.2 Å². The number of anilines is 1. The first-order valence-electron chi connectivity index (χ1n) is 10.9. The Kier molecular flexibility index (Phi) is 6.68. The summed E-state index contributed by atoms with van der Waals surface area (Å²) < 4.78 is 38.8. The molecule has 0 radical (unpaired) electrons. The zero-order chi connectivity index (χ0) is 25.2. The molecule has 0 spiro atoms. The number of alkyl halides is 3. The molecular weight excluding hydrogens is 461 g/mol. The number of carbonyl (C=O) groups excluding carboxylic acids is 2. The molecule has 1 aliphatic rings. The van der Waals surface area contributed by atoms with E-state index in [2.05, 4.69) is 25.8 Å². The summed E-state index contributed by atoms with van der Waals surface area (Å²) in [4.78, 5) is 29.7. The van der Waals surface area contributed by atoms with Gasteiger partial charge in [0.25, 0.3) is 5.91 Å². The number of aryl methyl sites for hydroxylation is 1. The zero-order valence-electron chi connectivity index (χ0n) is 19.1. The fourth-order valence-electron chi connectivity index (χ4n) is 3.91. The van der Waals surface area contributed by atoms with Gasteiger partial charge in [-0.1, -0.05) is 6.07 Å². The maximum atomic E-state index is 12.9. The third kappa shape index (κ3) is 5.39. The fraction of sp³-hybridized carbons (Fsp3) is 0.292. The predicted molar refractivity (Wildman–Crippen MR) is 124 cm³/mol. The lowest BCUT2D eigenvalue weighted by atomic mass is 10.0. The van der Waals surface area contributed by atoms with E-state index in [1.807, 2.05) is 6.92 Å². The van der Waals surface area contributed by atoms with Crippen LogP contribution in [0.4, 0.5) is 23.7 Å². The van der Waals surface area contributed by atoms with Gasteiger partial charge < -0.3 is 15.5 Å². The van der Waals surface area contributed by atoms with Crippen LogP contribution in [0.25, 0.3) is 22.4 Å².